The molecule has 0 N–H and O–H groups in total. The molecule has 0 bridgehead atoms. The summed E-state index contributed by atoms with van der Waals surface area (Å²) in [5, 5.41) is 0. The lowest BCUT2D eigenvalue weighted by Gasteiger charge is -2.15. The first kappa shape index (κ1) is 18.6. The van der Waals surface area contributed by atoms with Gasteiger partial charge in [0.1, 0.15) is 11.6 Å². The average molecular weight is 314 g/mol. The van der Waals surface area contributed by atoms with Crippen LogP contribution in [0.2, 0.25) is 0 Å². The number of hydrogen-bond acceptors (Lipinski definition) is 3. The number of halogens is 2. The third kappa shape index (κ3) is 6.98. The molecule has 1 atom stereocenters. The molecule has 0 aromatic heterocycles. The van der Waals surface area contributed by atoms with E-state index in [-0.39, 0.29) is 17.5 Å². The number of rotatable bonds is 3. The Morgan fingerprint density at radius 3 is 2.32 bits per heavy atom. The van der Waals surface area contributed by atoms with Crippen molar-refractivity contribution in [1.82, 2.24) is 0 Å². The van der Waals surface area contributed by atoms with Gasteiger partial charge in [-0.2, -0.15) is 0 Å². The normalized spacial score (nSPS) is 19.5. The fraction of sp³-hybridized carbons (Fsp3) is 0.588. The maximum absolute atomic E-state index is 11.9. The van der Waals surface area contributed by atoms with Gasteiger partial charge >= 0.3 is 5.97 Å². The van der Waals surface area contributed by atoms with Crippen LogP contribution in [0.4, 0.5) is 8.78 Å². The van der Waals surface area contributed by atoms with Crippen LogP contribution in [0.3, 0.4) is 0 Å². The standard InChI is InChI=1S/C11H20O3.C6H4F2/c1-8(2)10(12)13-6-9-5-11(3,4)14-7-9;7-5-2-1-3-6(8)4-5/h8-9H,5-7H2,1-4H3;1-4H/t9-;/m1./s1. The Labute approximate surface area is 130 Å². The first-order valence-electron chi connectivity index (χ1n) is 7.41. The molecular formula is C17H24F2O3. The predicted molar refractivity (Wildman–Crippen MR) is 80.3 cm³/mol. The third-order valence-electron chi connectivity index (χ3n) is 3.21. The molecule has 22 heavy (non-hydrogen) atoms. The lowest BCUT2D eigenvalue weighted by Crippen LogP contribution is -2.19. The van der Waals surface area contributed by atoms with Crippen LogP contribution in [0.5, 0.6) is 0 Å². The summed E-state index contributed by atoms with van der Waals surface area (Å²) in [5.74, 6) is -0.859. The van der Waals surface area contributed by atoms with E-state index in [9.17, 15) is 13.6 Å². The molecule has 1 aliphatic heterocycles. The quantitative estimate of drug-likeness (QED) is 0.792. The summed E-state index contributed by atoms with van der Waals surface area (Å²) < 4.78 is 34.6. The Morgan fingerprint density at radius 2 is 1.95 bits per heavy atom. The molecule has 0 radical (unpaired) electrons. The van der Waals surface area contributed by atoms with Gasteiger partial charge in [-0.25, -0.2) is 8.78 Å². The van der Waals surface area contributed by atoms with Crippen LogP contribution in [0, 0.1) is 23.5 Å². The van der Waals surface area contributed by atoms with Gasteiger partial charge in [0.2, 0.25) is 0 Å². The summed E-state index contributed by atoms with van der Waals surface area (Å²) in [5.41, 5.74) is -0.0467. The number of esters is 1. The van der Waals surface area contributed by atoms with Crippen LogP contribution in [-0.4, -0.2) is 24.8 Å². The lowest BCUT2D eigenvalue weighted by atomic mass is 9.99. The molecule has 0 unspecified atom stereocenters. The number of benzene rings is 1. The average Bonchev–Trinajstić information content (AvgIpc) is 2.76. The molecule has 1 aliphatic rings. The highest BCUT2D eigenvalue weighted by Gasteiger charge is 2.32. The van der Waals surface area contributed by atoms with Crippen LogP contribution in [0.25, 0.3) is 0 Å². The van der Waals surface area contributed by atoms with Gasteiger partial charge in [0.05, 0.1) is 24.7 Å². The van der Waals surface area contributed by atoms with E-state index < -0.39 is 11.6 Å². The zero-order chi connectivity index (χ0) is 16.8. The SMILES string of the molecule is CC(C)C(=O)OC[C@@H]1COC(C)(C)C1.Fc1cccc(F)c1. The smallest absolute Gasteiger partial charge is 0.308 e. The van der Waals surface area contributed by atoms with Crippen molar-refractivity contribution in [2.75, 3.05) is 13.2 Å². The minimum Gasteiger partial charge on any atom is -0.465 e. The molecule has 3 nitrogen and oxygen atoms in total. The van der Waals surface area contributed by atoms with E-state index in [1.165, 1.54) is 18.2 Å². The second-order valence-electron chi connectivity index (χ2n) is 6.37. The molecule has 1 saturated heterocycles. The van der Waals surface area contributed by atoms with E-state index in [4.69, 9.17) is 9.47 Å². The first-order chi connectivity index (χ1) is 10.2. The maximum atomic E-state index is 11.9. The molecule has 1 aromatic carbocycles. The van der Waals surface area contributed by atoms with E-state index in [1.807, 2.05) is 13.8 Å². The minimum absolute atomic E-state index is 0.0367. The molecule has 0 saturated carbocycles. The van der Waals surface area contributed by atoms with Gasteiger partial charge in [-0.3, -0.25) is 4.79 Å². The van der Waals surface area contributed by atoms with Crippen molar-refractivity contribution in [2.45, 2.75) is 39.7 Å². The van der Waals surface area contributed by atoms with Gasteiger partial charge in [-0.15, -0.1) is 0 Å². The van der Waals surface area contributed by atoms with Crippen molar-refractivity contribution in [3.05, 3.63) is 35.9 Å². The highest BCUT2D eigenvalue weighted by Crippen LogP contribution is 2.29. The Bertz CT molecular complexity index is 469. The Morgan fingerprint density at radius 1 is 1.36 bits per heavy atom. The fourth-order valence-corrected chi connectivity index (χ4v) is 2.09. The number of carbonyl (C=O) groups is 1. The van der Waals surface area contributed by atoms with E-state index in [0.29, 0.717) is 19.1 Å². The minimum atomic E-state index is -0.537. The number of carbonyl (C=O) groups excluding carboxylic acids is 1. The molecule has 1 fully saturated rings. The highest BCUT2D eigenvalue weighted by atomic mass is 19.1. The van der Waals surface area contributed by atoms with Crippen molar-refractivity contribution in [3.63, 3.8) is 0 Å². The zero-order valence-corrected chi connectivity index (χ0v) is 13.6. The molecule has 1 heterocycles. The van der Waals surface area contributed by atoms with Crippen molar-refractivity contribution in [2.24, 2.45) is 11.8 Å². The van der Waals surface area contributed by atoms with Crippen molar-refractivity contribution in [3.8, 4) is 0 Å². The highest BCUT2D eigenvalue weighted by molar-refractivity contribution is 5.71. The molecule has 0 spiro atoms. The number of ether oxygens (including phenoxy) is 2. The van der Waals surface area contributed by atoms with Gasteiger partial charge in [-0.1, -0.05) is 19.9 Å². The predicted octanol–water partition coefficient (Wildman–Crippen LogP) is 3.97. The summed E-state index contributed by atoms with van der Waals surface area (Å²) in [4.78, 5) is 11.2. The van der Waals surface area contributed by atoms with E-state index >= 15 is 0 Å². The topological polar surface area (TPSA) is 35.5 Å². The van der Waals surface area contributed by atoms with Crippen LogP contribution < -0.4 is 0 Å². The van der Waals surface area contributed by atoms with Gasteiger partial charge in [0.15, 0.2) is 0 Å². The Hall–Kier alpha value is -1.49. The van der Waals surface area contributed by atoms with Crippen LogP contribution in [0.1, 0.15) is 34.1 Å². The maximum Gasteiger partial charge on any atom is 0.308 e. The molecule has 0 aliphatic carbocycles. The largest absolute Gasteiger partial charge is 0.465 e. The zero-order valence-electron chi connectivity index (χ0n) is 13.6. The molecule has 5 heteroatoms. The van der Waals surface area contributed by atoms with Crippen LogP contribution >= 0.6 is 0 Å². The van der Waals surface area contributed by atoms with Gasteiger partial charge < -0.3 is 9.47 Å². The second-order valence-corrected chi connectivity index (χ2v) is 6.37. The summed E-state index contributed by atoms with van der Waals surface area (Å²) in [6.07, 6.45) is 0.971. The summed E-state index contributed by atoms with van der Waals surface area (Å²) in [6.45, 7) is 9.03. The van der Waals surface area contributed by atoms with Crippen LogP contribution in [-0.2, 0) is 14.3 Å². The molecular weight excluding hydrogens is 290 g/mol. The van der Waals surface area contributed by atoms with Crippen molar-refractivity contribution in [1.29, 1.82) is 0 Å². The first-order valence-corrected chi connectivity index (χ1v) is 7.41. The molecule has 124 valence electrons. The van der Waals surface area contributed by atoms with Gasteiger partial charge in [0.25, 0.3) is 0 Å². The monoisotopic (exact) mass is 314 g/mol. The molecule has 0 amide bonds. The fourth-order valence-electron chi connectivity index (χ4n) is 2.09. The molecule has 2 rings (SSSR count). The lowest BCUT2D eigenvalue weighted by molar-refractivity contribution is -0.148. The Kier molecular flexibility index (Phi) is 6.94. The van der Waals surface area contributed by atoms with Gasteiger partial charge in [0, 0.05) is 12.0 Å². The van der Waals surface area contributed by atoms with Gasteiger partial charge in [-0.05, 0) is 32.4 Å². The third-order valence-corrected chi connectivity index (χ3v) is 3.21. The summed E-state index contributed by atoms with van der Waals surface area (Å²) in [6, 6.07) is 4.55. The number of hydrogen-bond donors (Lipinski definition) is 0. The van der Waals surface area contributed by atoms with E-state index in [2.05, 4.69) is 13.8 Å². The van der Waals surface area contributed by atoms with E-state index in [1.54, 1.807) is 0 Å². The molecule has 1 aromatic rings. The van der Waals surface area contributed by atoms with E-state index in [0.717, 1.165) is 12.5 Å². The Balaban J connectivity index is 0.000000255. The van der Waals surface area contributed by atoms with Crippen LogP contribution in [0.15, 0.2) is 24.3 Å². The summed E-state index contributed by atoms with van der Waals surface area (Å²) >= 11 is 0. The van der Waals surface area contributed by atoms with Crippen molar-refractivity contribution < 1.29 is 23.0 Å². The second kappa shape index (κ2) is 8.22. The summed E-state index contributed by atoms with van der Waals surface area (Å²) in [7, 11) is 0. The van der Waals surface area contributed by atoms with Crippen molar-refractivity contribution >= 4 is 5.97 Å².